The van der Waals surface area contributed by atoms with E-state index in [0.29, 0.717) is 11.4 Å². The molecule has 0 saturated heterocycles. The van der Waals surface area contributed by atoms with E-state index < -0.39 is 0 Å². The molecule has 0 saturated carbocycles. The van der Waals surface area contributed by atoms with E-state index in [2.05, 4.69) is 175 Å². The third-order valence-electron chi connectivity index (χ3n) is 11.1. The van der Waals surface area contributed by atoms with E-state index in [1.165, 1.54) is 10.8 Å². The van der Waals surface area contributed by atoms with Gasteiger partial charge in [-0.1, -0.05) is 115 Å². The first-order chi connectivity index (χ1) is 27.2. The van der Waals surface area contributed by atoms with Crippen LogP contribution in [0.4, 0.5) is 11.4 Å². The standard InChI is InChI=1S/C50H29N5/c1-51-32-27-29-46(40(30-32)37-17-6-11-22-44(37)55-43-21-10-5-16-36(43)38-28-26-33(52-2)31-49(38)55)54-45-23-12-7-18-39(45)50-47(24-13-25-48(50)54)53-41-19-8-3-14-34(41)35-15-4-9-20-42(35)53/h3-31H. The van der Waals surface area contributed by atoms with Crippen molar-refractivity contribution in [1.82, 2.24) is 13.7 Å². The third-order valence-corrected chi connectivity index (χ3v) is 11.1. The van der Waals surface area contributed by atoms with Crippen LogP contribution in [0.15, 0.2) is 176 Å². The van der Waals surface area contributed by atoms with Crippen molar-refractivity contribution in [1.29, 1.82) is 0 Å². The highest BCUT2D eigenvalue weighted by Crippen LogP contribution is 2.44. The molecule has 0 aliphatic carbocycles. The Morgan fingerprint density at radius 2 is 0.745 bits per heavy atom. The fourth-order valence-electron chi connectivity index (χ4n) is 8.82. The number of para-hydroxylation sites is 5. The number of hydrogen-bond acceptors (Lipinski definition) is 0. The zero-order valence-corrected chi connectivity index (χ0v) is 29.5. The minimum Gasteiger partial charge on any atom is -0.310 e. The highest BCUT2D eigenvalue weighted by Gasteiger charge is 2.23. The Balaban J connectivity index is 1.24. The quantitative estimate of drug-likeness (QED) is 0.163. The zero-order chi connectivity index (χ0) is 36.6. The van der Waals surface area contributed by atoms with Crippen LogP contribution in [0.25, 0.3) is 103 Å². The highest BCUT2D eigenvalue weighted by atomic mass is 15.0. The summed E-state index contributed by atoms with van der Waals surface area (Å²) in [5, 5.41) is 6.97. The van der Waals surface area contributed by atoms with Gasteiger partial charge in [-0.05, 0) is 66.2 Å². The van der Waals surface area contributed by atoms with Gasteiger partial charge in [0.15, 0.2) is 11.4 Å². The zero-order valence-electron chi connectivity index (χ0n) is 29.5. The lowest BCUT2D eigenvalue weighted by Crippen LogP contribution is -2.01. The SMILES string of the molecule is [C-]#[N+]c1ccc(-n2c3ccccc3c3c(-n4c5ccccc5c5ccccc54)cccc32)c(-c2ccccc2-n2c3ccccc3c3ccc([N+]#[C-])cc32)c1. The van der Waals surface area contributed by atoms with Gasteiger partial charge >= 0.3 is 0 Å². The Labute approximate surface area is 316 Å². The molecule has 8 aromatic carbocycles. The Morgan fingerprint density at radius 3 is 1.40 bits per heavy atom. The molecule has 11 rings (SSSR count). The van der Waals surface area contributed by atoms with E-state index in [1.54, 1.807) is 0 Å². The van der Waals surface area contributed by atoms with Crippen molar-refractivity contribution < 1.29 is 0 Å². The molecule has 0 amide bonds. The lowest BCUT2D eigenvalue weighted by molar-refractivity contribution is 1.16. The van der Waals surface area contributed by atoms with Crippen molar-refractivity contribution in [2.75, 3.05) is 0 Å². The second kappa shape index (κ2) is 11.8. The van der Waals surface area contributed by atoms with Crippen molar-refractivity contribution in [3.05, 3.63) is 199 Å². The molecule has 55 heavy (non-hydrogen) atoms. The number of fused-ring (bicyclic) bond motifs is 9. The first-order valence-corrected chi connectivity index (χ1v) is 18.3. The fourth-order valence-corrected chi connectivity index (χ4v) is 8.82. The molecule has 0 atom stereocenters. The summed E-state index contributed by atoms with van der Waals surface area (Å²) in [5.74, 6) is 0. The summed E-state index contributed by atoms with van der Waals surface area (Å²) in [5.41, 5.74) is 12.7. The summed E-state index contributed by atoms with van der Waals surface area (Å²) in [6.45, 7) is 15.9. The Kier molecular flexibility index (Phi) is 6.61. The molecule has 3 aromatic heterocycles. The van der Waals surface area contributed by atoms with E-state index >= 15 is 0 Å². The second-order valence-electron chi connectivity index (χ2n) is 13.9. The molecular weight excluding hydrogens is 671 g/mol. The first-order valence-electron chi connectivity index (χ1n) is 18.3. The molecule has 0 bridgehead atoms. The monoisotopic (exact) mass is 699 g/mol. The second-order valence-corrected chi connectivity index (χ2v) is 13.9. The molecule has 0 spiro atoms. The number of aromatic nitrogens is 3. The fraction of sp³-hybridized carbons (Fsp3) is 0. The number of benzene rings is 8. The van der Waals surface area contributed by atoms with E-state index in [0.717, 1.165) is 82.8 Å². The molecule has 0 N–H and O–H groups in total. The van der Waals surface area contributed by atoms with Crippen LogP contribution in [0.3, 0.4) is 0 Å². The van der Waals surface area contributed by atoms with Gasteiger partial charge in [0.05, 0.1) is 57.8 Å². The normalized spacial score (nSPS) is 11.6. The van der Waals surface area contributed by atoms with Crippen LogP contribution in [0, 0.1) is 13.1 Å². The predicted octanol–water partition coefficient (Wildman–Crippen LogP) is 13.7. The van der Waals surface area contributed by atoms with Crippen molar-refractivity contribution in [2.24, 2.45) is 0 Å². The molecule has 254 valence electrons. The van der Waals surface area contributed by atoms with Crippen LogP contribution in [0.1, 0.15) is 0 Å². The van der Waals surface area contributed by atoms with Gasteiger partial charge in [0.1, 0.15) is 0 Å². The van der Waals surface area contributed by atoms with Crippen LogP contribution in [-0.4, -0.2) is 13.7 Å². The molecule has 11 aromatic rings. The maximum atomic E-state index is 8.09. The lowest BCUT2D eigenvalue weighted by Gasteiger charge is -2.19. The average molecular weight is 700 g/mol. The smallest absolute Gasteiger partial charge is 0.189 e. The molecule has 5 nitrogen and oxygen atoms in total. The molecule has 5 heteroatoms. The summed E-state index contributed by atoms with van der Waals surface area (Å²) >= 11 is 0. The van der Waals surface area contributed by atoms with Crippen molar-refractivity contribution in [2.45, 2.75) is 0 Å². The number of nitrogens with zero attached hydrogens (tertiary/aromatic N) is 5. The van der Waals surface area contributed by atoms with Crippen LogP contribution in [0.2, 0.25) is 0 Å². The van der Waals surface area contributed by atoms with Gasteiger partial charge in [0.25, 0.3) is 0 Å². The molecular formula is C50H29N5. The summed E-state index contributed by atoms with van der Waals surface area (Å²) in [4.78, 5) is 7.71. The van der Waals surface area contributed by atoms with Crippen LogP contribution in [0.5, 0.6) is 0 Å². The predicted molar refractivity (Wildman–Crippen MR) is 227 cm³/mol. The molecule has 0 unspecified atom stereocenters. The van der Waals surface area contributed by atoms with Gasteiger partial charge in [-0.2, -0.15) is 0 Å². The Bertz CT molecular complexity index is 3420. The minimum atomic E-state index is 0.567. The average Bonchev–Trinajstić information content (AvgIpc) is 3.89. The van der Waals surface area contributed by atoms with E-state index in [9.17, 15) is 0 Å². The molecule has 0 aliphatic heterocycles. The summed E-state index contributed by atoms with van der Waals surface area (Å²) in [7, 11) is 0. The number of rotatable bonds is 4. The van der Waals surface area contributed by atoms with Gasteiger partial charge in [-0.3, -0.25) is 0 Å². The van der Waals surface area contributed by atoms with Gasteiger partial charge in [-0.15, -0.1) is 0 Å². The van der Waals surface area contributed by atoms with E-state index in [1.807, 2.05) is 24.3 Å². The highest BCUT2D eigenvalue weighted by molar-refractivity contribution is 6.17. The van der Waals surface area contributed by atoms with Gasteiger partial charge in [0.2, 0.25) is 0 Å². The maximum absolute atomic E-state index is 8.09. The number of hydrogen-bond donors (Lipinski definition) is 0. The van der Waals surface area contributed by atoms with Crippen molar-refractivity contribution in [3.63, 3.8) is 0 Å². The van der Waals surface area contributed by atoms with Crippen molar-refractivity contribution >= 4 is 76.8 Å². The van der Waals surface area contributed by atoms with E-state index in [-0.39, 0.29) is 0 Å². The van der Waals surface area contributed by atoms with Gasteiger partial charge < -0.3 is 13.7 Å². The molecule has 0 radical (unpaired) electrons. The van der Waals surface area contributed by atoms with Crippen molar-refractivity contribution in [3.8, 4) is 28.2 Å². The maximum Gasteiger partial charge on any atom is 0.189 e. The minimum absolute atomic E-state index is 0.567. The third kappa shape index (κ3) is 4.39. The van der Waals surface area contributed by atoms with Crippen LogP contribution < -0.4 is 0 Å². The molecule has 0 aliphatic rings. The van der Waals surface area contributed by atoms with Crippen LogP contribution in [-0.2, 0) is 0 Å². The van der Waals surface area contributed by atoms with E-state index in [4.69, 9.17) is 13.1 Å². The Morgan fingerprint density at radius 1 is 0.309 bits per heavy atom. The summed E-state index contributed by atoms with van der Waals surface area (Å²) < 4.78 is 7.04. The molecule has 3 heterocycles. The summed E-state index contributed by atoms with van der Waals surface area (Å²) in [6, 6.07) is 61.4. The van der Waals surface area contributed by atoms with Gasteiger partial charge in [-0.25, -0.2) is 9.69 Å². The lowest BCUT2D eigenvalue weighted by atomic mass is 10.00. The summed E-state index contributed by atoms with van der Waals surface area (Å²) in [6.07, 6.45) is 0. The first kappa shape index (κ1) is 30.7. The molecule has 0 fully saturated rings. The topological polar surface area (TPSA) is 23.5 Å². The van der Waals surface area contributed by atoms with Crippen LogP contribution >= 0.6 is 0 Å². The Hall–Kier alpha value is -7.86. The van der Waals surface area contributed by atoms with Gasteiger partial charge in [0, 0.05) is 43.4 Å². The largest absolute Gasteiger partial charge is 0.310 e.